The van der Waals surface area contributed by atoms with Crippen molar-refractivity contribution in [3.05, 3.63) is 65.0 Å². The molecule has 4 rings (SSSR count). The summed E-state index contributed by atoms with van der Waals surface area (Å²) >= 11 is 1.59. The summed E-state index contributed by atoms with van der Waals surface area (Å²) in [6.07, 6.45) is -3.36. The van der Waals surface area contributed by atoms with E-state index < -0.39 is 11.7 Å². The highest BCUT2D eigenvalue weighted by atomic mass is 32.1. The number of alkyl halides is 3. The molecule has 0 atom stereocenters. The highest BCUT2D eigenvalue weighted by Crippen LogP contribution is 2.32. The first-order chi connectivity index (χ1) is 14.9. The molecule has 0 unspecified atom stereocenters. The Morgan fingerprint density at radius 1 is 1.03 bits per heavy atom. The predicted octanol–water partition coefficient (Wildman–Crippen LogP) is 5.24. The molecule has 0 aliphatic carbocycles. The van der Waals surface area contributed by atoms with Crippen molar-refractivity contribution in [2.45, 2.75) is 12.6 Å². The quantitative estimate of drug-likeness (QED) is 0.562. The lowest BCUT2D eigenvalue weighted by molar-refractivity contribution is -0.137. The average Bonchev–Trinajstić information content (AvgIpc) is 3.27. The molecule has 1 aliphatic heterocycles. The first-order valence-corrected chi connectivity index (χ1v) is 11.2. The second kappa shape index (κ2) is 9.28. The van der Waals surface area contributed by atoms with Crippen molar-refractivity contribution in [3.63, 3.8) is 0 Å². The molecule has 0 radical (unpaired) electrons. The Labute approximate surface area is 184 Å². The van der Waals surface area contributed by atoms with Gasteiger partial charge in [-0.05, 0) is 30.2 Å². The van der Waals surface area contributed by atoms with Crippen LogP contribution in [0.1, 0.15) is 11.1 Å². The van der Waals surface area contributed by atoms with Crippen molar-refractivity contribution in [2.24, 2.45) is 0 Å². The van der Waals surface area contributed by atoms with E-state index in [4.69, 9.17) is 0 Å². The van der Waals surface area contributed by atoms with Crippen molar-refractivity contribution >= 4 is 22.2 Å². The van der Waals surface area contributed by atoms with Crippen LogP contribution in [-0.2, 0) is 12.6 Å². The maximum Gasteiger partial charge on any atom is 0.416 e. The van der Waals surface area contributed by atoms with Crippen molar-refractivity contribution in [2.75, 3.05) is 50.0 Å². The van der Waals surface area contributed by atoms with Crippen LogP contribution in [0.3, 0.4) is 0 Å². The van der Waals surface area contributed by atoms with Gasteiger partial charge in [-0.25, -0.2) is 4.98 Å². The molecule has 1 aromatic heterocycles. The predicted molar refractivity (Wildman–Crippen MR) is 121 cm³/mol. The molecule has 1 fully saturated rings. The Kier molecular flexibility index (Phi) is 6.48. The molecular formula is C23H25F3N4S. The lowest BCUT2D eigenvalue weighted by Crippen LogP contribution is -2.47. The van der Waals surface area contributed by atoms with Gasteiger partial charge in [0, 0.05) is 56.4 Å². The number of anilines is 2. The number of rotatable bonds is 6. The van der Waals surface area contributed by atoms with Crippen LogP contribution < -0.4 is 10.2 Å². The van der Waals surface area contributed by atoms with Gasteiger partial charge in [-0.2, -0.15) is 13.2 Å². The number of benzene rings is 2. The van der Waals surface area contributed by atoms with Crippen molar-refractivity contribution in [3.8, 4) is 11.3 Å². The molecule has 4 nitrogen and oxygen atoms in total. The fourth-order valence-corrected chi connectivity index (χ4v) is 4.44. The minimum atomic E-state index is -4.30. The number of hydrogen-bond acceptors (Lipinski definition) is 5. The van der Waals surface area contributed by atoms with Gasteiger partial charge < -0.3 is 10.2 Å². The van der Waals surface area contributed by atoms with E-state index in [0.29, 0.717) is 5.69 Å². The van der Waals surface area contributed by atoms with Crippen LogP contribution in [0.5, 0.6) is 0 Å². The van der Waals surface area contributed by atoms with Gasteiger partial charge in [-0.15, -0.1) is 11.3 Å². The minimum absolute atomic E-state index is 0.587. The Balaban J connectivity index is 1.28. The Bertz CT molecular complexity index is 993. The molecule has 8 heteroatoms. The van der Waals surface area contributed by atoms with E-state index in [-0.39, 0.29) is 0 Å². The molecule has 1 aliphatic rings. The normalized spacial score (nSPS) is 15.3. The molecular weight excluding hydrogens is 421 g/mol. The highest BCUT2D eigenvalue weighted by molar-refractivity contribution is 7.14. The summed E-state index contributed by atoms with van der Waals surface area (Å²) in [6.45, 7) is 4.10. The fraction of sp³-hybridized carbons (Fsp3) is 0.348. The van der Waals surface area contributed by atoms with Gasteiger partial charge in [0.2, 0.25) is 0 Å². The van der Waals surface area contributed by atoms with E-state index >= 15 is 0 Å². The first kappa shape index (κ1) is 21.6. The molecule has 0 bridgehead atoms. The van der Waals surface area contributed by atoms with Crippen molar-refractivity contribution < 1.29 is 13.2 Å². The fourth-order valence-electron chi connectivity index (χ4n) is 3.76. The van der Waals surface area contributed by atoms with Crippen LogP contribution in [0.25, 0.3) is 11.3 Å². The number of halogens is 3. The van der Waals surface area contributed by atoms with Crippen LogP contribution in [-0.4, -0.2) is 49.7 Å². The molecule has 164 valence electrons. The molecule has 2 aromatic carbocycles. The van der Waals surface area contributed by atoms with Crippen LogP contribution in [0.4, 0.5) is 24.0 Å². The summed E-state index contributed by atoms with van der Waals surface area (Å²) in [5.41, 5.74) is 3.42. The van der Waals surface area contributed by atoms with Gasteiger partial charge in [0.25, 0.3) is 0 Å². The summed E-state index contributed by atoms with van der Waals surface area (Å²) in [7, 11) is 1.87. The van der Waals surface area contributed by atoms with Gasteiger partial charge in [0.05, 0.1) is 11.3 Å². The molecule has 0 spiro atoms. The van der Waals surface area contributed by atoms with Gasteiger partial charge >= 0.3 is 6.18 Å². The van der Waals surface area contributed by atoms with Crippen molar-refractivity contribution in [1.82, 2.24) is 9.88 Å². The van der Waals surface area contributed by atoms with Crippen LogP contribution in [0.15, 0.2) is 53.9 Å². The maximum atomic E-state index is 13.0. The van der Waals surface area contributed by atoms with Crippen LogP contribution in [0.2, 0.25) is 0 Å². The maximum absolute atomic E-state index is 13.0. The molecule has 1 saturated heterocycles. The largest absolute Gasteiger partial charge is 0.416 e. The number of thiazole rings is 1. The van der Waals surface area contributed by atoms with E-state index in [1.165, 1.54) is 17.7 Å². The molecule has 2 heterocycles. The summed E-state index contributed by atoms with van der Waals surface area (Å²) in [5, 5.41) is 6.01. The SMILES string of the molecule is CNc1nc(-c2ccc(CCN3CCN(c4cccc(C(F)(F)F)c4)CC3)cc2)cs1. The Morgan fingerprint density at radius 2 is 1.77 bits per heavy atom. The third-order valence-corrected chi connectivity index (χ3v) is 6.46. The van der Waals surface area contributed by atoms with Gasteiger partial charge in [-0.1, -0.05) is 30.3 Å². The van der Waals surface area contributed by atoms with E-state index in [2.05, 4.69) is 39.5 Å². The van der Waals surface area contributed by atoms with Gasteiger partial charge in [0.15, 0.2) is 5.13 Å². The number of nitrogens with one attached hydrogen (secondary N) is 1. The van der Waals surface area contributed by atoms with Crippen LogP contribution in [0, 0.1) is 0 Å². The van der Waals surface area contributed by atoms with Crippen molar-refractivity contribution in [1.29, 1.82) is 0 Å². The number of aromatic nitrogens is 1. The standard InChI is InChI=1S/C23H25F3N4S/c1-27-22-28-21(16-31-22)18-7-5-17(6-8-18)9-10-29-11-13-30(14-12-29)20-4-2-3-19(15-20)23(24,25)26/h2-8,15-16H,9-14H2,1H3,(H,27,28). The third-order valence-electron chi connectivity index (χ3n) is 5.60. The monoisotopic (exact) mass is 446 g/mol. The van der Waals surface area contributed by atoms with E-state index in [0.717, 1.165) is 61.6 Å². The molecule has 3 aromatic rings. The van der Waals surface area contributed by atoms with Crippen LogP contribution >= 0.6 is 11.3 Å². The highest BCUT2D eigenvalue weighted by Gasteiger charge is 2.31. The van der Waals surface area contributed by atoms with Gasteiger partial charge in [0.1, 0.15) is 0 Å². The lowest BCUT2D eigenvalue weighted by Gasteiger charge is -2.36. The van der Waals surface area contributed by atoms with E-state index in [1.807, 2.05) is 17.3 Å². The Morgan fingerprint density at radius 3 is 2.42 bits per heavy atom. The first-order valence-electron chi connectivity index (χ1n) is 10.3. The summed E-state index contributed by atoms with van der Waals surface area (Å²) in [5.74, 6) is 0. The minimum Gasteiger partial charge on any atom is -0.369 e. The summed E-state index contributed by atoms with van der Waals surface area (Å²) in [6, 6.07) is 14.1. The summed E-state index contributed by atoms with van der Waals surface area (Å²) in [4.78, 5) is 8.94. The van der Waals surface area contributed by atoms with E-state index in [1.54, 1.807) is 17.4 Å². The zero-order valence-corrected chi connectivity index (χ0v) is 18.1. The Hall–Kier alpha value is -2.58. The number of hydrogen-bond donors (Lipinski definition) is 1. The molecule has 31 heavy (non-hydrogen) atoms. The topological polar surface area (TPSA) is 31.4 Å². The molecule has 0 amide bonds. The zero-order chi connectivity index (χ0) is 21.8. The second-order valence-corrected chi connectivity index (χ2v) is 8.47. The second-order valence-electron chi connectivity index (χ2n) is 7.61. The number of nitrogens with zero attached hydrogens (tertiary/aromatic N) is 3. The van der Waals surface area contributed by atoms with Gasteiger partial charge in [-0.3, -0.25) is 4.90 Å². The van der Waals surface area contributed by atoms with E-state index in [9.17, 15) is 13.2 Å². The smallest absolute Gasteiger partial charge is 0.369 e. The molecule has 1 N–H and O–H groups in total. The third kappa shape index (κ3) is 5.37. The lowest BCUT2D eigenvalue weighted by atomic mass is 10.1. The summed E-state index contributed by atoms with van der Waals surface area (Å²) < 4.78 is 38.9. The molecule has 0 saturated carbocycles. The average molecular weight is 447 g/mol. The zero-order valence-electron chi connectivity index (χ0n) is 17.3. The number of piperazine rings is 1.